The van der Waals surface area contributed by atoms with E-state index in [1.54, 1.807) is 7.05 Å². The molecule has 0 aliphatic heterocycles. The summed E-state index contributed by atoms with van der Waals surface area (Å²) in [6.07, 6.45) is 2.03. The zero-order chi connectivity index (χ0) is 20.7. The van der Waals surface area contributed by atoms with Crippen molar-refractivity contribution in [2.45, 2.75) is 39.1 Å². The summed E-state index contributed by atoms with van der Waals surface area (Å²) >= 11 is 0. The van der Waals surface area contributed by atoms with Crippen LogP contribution in [0, 0.1) is 19.7 Å². The van der Waals surface area contributed by atoms with Crippen LogP contribution < -0.4 is 10.6 Å². The summed E-state index contributed by atoms with van der Waals surface area (Å²) in [6.45, 7) is 5.77. The van der Waals surface area contributed by atoms with E-state index in [0.29, 0.717) is 23.6 Å². The average molecular weight is 410 g/mol. The van der Waals surface area contributed by atoms with Crippen molar-refractivity contribution in [1.82, 2.24) is 20.4 Å². The summed E-state index contributed by atoms with van der Waals surface area (Å²) in [4.78, 5) is 4.16. The molecule has 0 fully saturated rings. The molecule has 0 aliphatic rings. The van der Waals surface area contributed by atoms with Gasteiger partial charge in [0, 0.05) is 38.6 Å². The minimum atomic E-state index is -3.21. The molecule has 1 aromatic carbocycles. The van der Waals surface area contributed by atoms with Crippen LogP contribution in [-0.4, -0.2) is 44.0 Å². The van der Waals surface area contributed by atoms with Gasteiger partial charge in [-0.25, -0.2) is 12.8 Å². The van der Waals surface area contributed by atoms with Crippen LogP contribution in [0.2, 0.25) is 0 Å². The number of rotatable bonds is 8. The normalized spacial score (nSPS) is 12.2. The van der Waals surface area contributed by atoms with Gasteiger partial charge in [-0.2, -0.15) is 5.10 Å². The van der Waals surface area contributed by atoms with E-state index in [1.165, 1.54) is 18.2 Å². The number of guanidine groups is 1. The zero-order valence-corrected chi connectivity index (χ0v) is 17.6. The Hall–Kier alpha value is -2.42. The van der Waals surface area contributed by atoms with Crippen molar-refractivity contribution in [3.05, 3.63) is 52.6 Å². The lowest BCUT2D eigenvalue weighted by atomic mass is 10.1. The maximum Gasteiger partial charge on any atom is 0.191 e. The Morgan fingerprint density at radius 3 is 2.57 bits per heavy atom. The maximum atomic E-state index is 13.6. The highest BCUT2D eigenvalue weighted by Gasteiger charge is 2.11. The molecular formula is C19H28FN5O2S. The van der Waals surface area contributed by atoms with E-state index in [1.807, 2.05) is 24.6 Å². The lowest BCUT2D eigenvalue weighted by molar-refractivity contribution is 0.555. The molecule has 0 atom stereocenters. The fraction of sp³-hybridized carbons (Fsp3) is 0.474. The second-order valence-electron chi connectivity index (χ2n) is 6.84. The first-order valence-corrected chi connectivity index (χ1v) is 11.1. The van der Waals surface area contributed by atoms with Crippen molar-refractivity contribution < 1.29 is 12.8 Å². The third-order valence-corrected chi connectivity index (χ3v) is 5.03. The SMILES string of the molecule is CN=C(NCCCn1nc(C)cc1C)NCc1cc(F)ccc1CS(C)(=O)=O. The van der Waals surface area contributed by atoms with Gasteiger partial charge in [-0.3, -0.25) is 9.67 Å². The van der Waals surface area contributed by atoms with Crippen LogP contribution in [0.5, 0.6) is 0 Å². The number of aromatic nitrogens is 2. The second kappa shape index (κ2) is 9.68. The zero-order valence-electron chi connectivity index (χ0n) is 16.8. The highest BCUT2D eigenvalue weighted by Crippen LogP contribution is 2.14. The van der Waals surface area contributed by atoms with Crippen LogP contribution >= 0.6 is 0 Å². The van der Waals surface area contributed by atoms with Gasteiger partial charge < -0.3 is 10.6 Å². The van der Waals surface area contributed by atoms with E-state index in [9.17, 15) is 12.8 Å². The number of aliphatic imine (C=N–C) groups is 1. The van der Waals surface area contributed by atoms with E-state index in [-0.39, 0.29) is 12.3 Å². The average Bonchev–Trinajstić information content (AvgIpc) is 2.92. The monoisotopic (exact) mass is 409 g/mol. The van der Waals surface area contributed by atoms with Crippen LogP contribution in [0.4, 0.5) is 4.39 Å². The second-order valence-corrected chi connectivity index (χ2v) is 8.98. The fourth-order valence-electron chi connectivity index (χ4n) is 2.92. The van der Waals surface area contributed by atoms with Crippen molar-refractivity contribution in [3.8, 4) is 0 Å². The largest absolute Gasteiger partial charge is 0.356 e. The molecule has 1 heterocycles. The molecule has 2 rings (SSSR count). The maximum absolute atomic E-state index is 13.6. The van der Waals surface area contributed by atoms with Crippen molar-refractivity contribution in [3.63, 3.8) is 0 Å². The van der Waals surface area contributed by atoms with E-state index in [2.05, 4.69) is 20.7 Å². The minimum absolute atomic E-state index is 0.126. The number of hydrogen-bond acceptors (Lipinski definition) is 4. The molecule has 9 heteroatoms. The number of hydrogen-bond donors (Lipinski definition) is 2. The van der Waals surface area contributed by atoms with Gasteiger partial charge in [0.25, 0.3) is 0 Å². The highest BCUT2D eigenvalue weighted by molar-refractivity contribution is 7.89. The number of aryl methyl sites for hydroxylation is 3. The number of nitrogens with one attached hydrogen (secondary N) is 2. The summed E-state index contributed by atoms with van der Waals surface area (Å²) in [5, 5.41) is 10.7. The van der Waals surface area contributed by atoms with Gasteiger partial charge in [0.15, 0.2) is 15.8 Å². The first-order valence-electron chi connectivity index (χ1n) is 9.08. The van der Waals surface area contributed by atoms with Gasteiger partial charge in [-0.15, -0.1) is 0 Å². The Morgan fingerprint density at radius 1 is 1.21 bits per heavy atom. The van der Waals surface area contributed by atoms with E-state index in [0.717, 1.165) is 30.6 Å². The number of benzene rings is 1. The molecule has 0 saturated carbocycles. The molecule has 2 N–H and O–H groups in total. The Balaban J connectivity index is 1.88. The molecule has 0 aliphatic carbocycles. The fourth-order valence-corrected chi connectivity index (χ4v) is 3.77. The summed E-state index contributed by atoms with van der Waals surface area (Å²) < 4.78 is 38.8. The lowest BCUT2D eigenvalue weighted by Crippen LogP contribution is -2.37. The third-order valence-electron chi connectivity index (χ3n) is 4.20. The Morgan fingerprint density at radius 2 is 1.96 bits per heavy atom. The standard InChI is InChI=1S/C19H28FN5O2S/c1-14-10-15(2)25(24-14)9-5-8-22-19(21-3)23-12-17-11-18(20)7-6-16(17)13-28(4,26)27/h6-7,10-11H,5,8-9,12-13H2,1-4H3,(H2,21,22,23). The third kappa shape index (κ3) is 6.95. The smallest absolute Gasteiger partial charge is 0.191 e. The highest BCUT2D eigenvalue weighted by atomic mass is 32.2. The van der Waals surface area contributed by atoms with Gasteiger partial charge in [-0.1, -0.05) is 6.07 Å². The number of halogens is 1. The molecule has 1 aromatic heterocycles. The molecule has 2 aromatic rings. The molecule has 154 valence electrons. The van der Waals surface area contributed by atoms with Gasteiger partial charge >= 0.3 is 0 Å². The van der Waals surface area contributed by atoms with Crippen LogP contribution in [0.15, 0.2) is 29.3 Å². The molecule has 0 unspecified atom stereocenters. The Kier molecular flexibility index (Phi) is 7.56. The van der Waals surface area contributed by atoms with Gasteiger partial charge in [-0.05, 0) is 49.6 Å². The summed E-state index contributed by atoms with van der Waals surface area (Å²) in [6, 6.07) is 6.18. The predicted octanol–water partition coefficient (Wildman–Crippen LogP) is 1.94. The molecule has 0 amide bonds. The first kappa shape index (κ1) is 21.9. The van der Waals surface area contributed by atoms with Crippen LogP contribution in [0.3, 0.4) is 0 Å². The quantitative estimate of drug-likeness (QED) is 0.395. The molecule has 0 bridgehead atoms. The minimum Gasteiger partial charge on any atom is -0.356 e. The summed E-state index contributed by atoms with van der Waals surface area (Å²) in [5.41, 5.74) is 3.31. The van der Waals surface area contributed by atoms with E-state index in [4.69, 9.17) is 0 Å². The van der Waals surface area contributed by atoms with Gasteiger partial charge in [0.1, 0.15) is 5.82 Å². The molecule has 7 nitrogen and oxygen atoms in total. The summed E-state index contributed by atoms with van der Waals surface area (Å²) in [7, 11) is -1.55. The molecule has 0 radical (unpaired) electrons. The van der Waals surface area contributed by atoms with Crippen molar-refractivity contribution in [1.29, 1.82) is 0 Å². The van der Waals surface area contributed by atoms with E-state index >= 15 is 0 Å². The van der Waals surface area contributed by atoms with Crippen LogP contribution in [-0.2, 0) is 28.7 Å². The van der Waals surface area contributed by atoms with Crippen molar-refractivity contribution in [2.75, 3.05) is 19.8 Å². The number of sulfone groups is 1. The first-order chi connectivity index (χ1) is 13.2. The lowest BCUT2D eigenvalue weighted by Gasteiger charge is -2.14. The van der Waals surface area contributed by atoms with Crippen LogP contribution in [0.25, 0.3) is 0 Å². The van der Waals surface area contributed by atoms with E-state index < -0.39 is 15.7 Å². The topological polar surface area (TPSA) is 88.4 Å². The van der Waals surface area contributed by atoms with Crippen molar-refractivity contribution in [2.24, 2.45) is 4.99 Å². The van der Waals surface area contributed by atoms with Gasteiger partial charge in [0.2, 0.25) is 0 Å². The molecule has 0 saturated heterocycles. The number of nitrogens with zero attached hydrogens (tertiary/aromatic N) is 3. The van der Waals surface area contributed by atoms with Gasteiger partial charge in [0.05, 0.1) is 11.4 Å². The molecular weight excluding hydrogens is 381 g/mol. The Labute approximate surface area is 166 Å². The summed E-state index contributed by atoms with van der Waals surface area (Å²) in [5.74, 6) is 0.0451. The molecule has 0 spiro atoms. The van der Waals surface area contributed by atoms with Crippen LogP contribution in [0.1, 0.15) is 28.9 Å². The molecule has 28 heavy (non-hydrogen) atoms. The predicted molar refractivity (Wildman–Crippen MR) is 109 cm³/mol. The van der Waals surface area contributed by atoms with Crippen molar-refractivity contribution >= 4 is 15.8 Å². The Bertz CT molecular complexity index is 938.